The Balaban J connectivity index is 1.36. The van der Waals surface area contributed by atoms with Gasteiger partial charge < -0.3 is 15.0 Å². The first kappa shape index (κ1) is 23.3. The lowest BCUT2D eigenvalue weighted by Gasteiger charge is -2.40. The molecule has 0 radical (unpaired) electrons. The first-order valence-electron chi connectivity index (χ1n) is 10.9. The molecule has 180 valence electrons. The summed E-state index contributed by atoms with van der Waals surface area (Å²) in [5.74, 6) is -0.227. The lowest BCUT2D eigenvalue weighted by atomic mass is 9.76. The predicted molar refractivity (Wildman–Crippen MR) is 107 cm³/mol. The van der Waals surface area contributed by atoms with E-state index in [1.54, 1.807) is 4.90 Å². The number of hydrogen-bond donors (Lipinski definition) is 1. The second kappa shape index (κ2) is 9.20. The first-order chi connectivity index (χ1) is 15.1. The molecule has 0 bridgehead atoms. The number of hydrazone groups is 1. The van der Waals surface area contributed by atoms with E-state index in [1.807, 2.05) is 13.1 Å². The zero-order valence-corrected chi connectivity index (χ0v) is 17.7. The van der Waals surface area contributed by atoms with E-state index < -0.39 is 31.8 Å². The molecule has 4 aliphatic rings. The Kier molecular flexibility index (Phi) is 6.71. The zero-order chi connectivity index (χ0) is 23.0. The minimum atomic E-state index is -4.35. The lowest BCUT2D eigenvalue weighted by Crippen LogP contribution is -2.55. The van der Waals surface area contributed by atoms with Gasteiger partial charge in [-0.15, -0.1) is 0 Å². The van der Waals surface area contributed by atoms with Crippen molar-refractivity contribution in [2.24, 2.45) is 27.8 Å². The number of alkyl halides is 5. The monoisotopic (exact) mass is 465 g/mol. The highest BCUT2D eigenvalue weighted by Gasteiger charge is 2.50. The smallest absolute Gasteiger partial charge is 0.370 e. The maximum absolute atomic E-state index is 13.1. The molecule has 7 unspecified atom stereocenters. The van der Waals surface area contributed by atoms with E-state index >= 15 is 0 Å². The summed E-state index contributed by atoms with van der Waals surface area (Å²) in [6, 6.07) is -0.581. The van der Waals surface area contributed by atoms with Crippen LogP contribution in [0, 0.1) is 17.8 Å². The predicted octanol–water partition coefficient (Wildman–Crippen LogP) is 1.78. The molecule has 4 aliphatic heterocycles. The van der Waals surface area contributed by atoms with Crippen molar-refractivity contribution < 1.29 is 31.5 Å². The number of piperidine rings is 1. The molecule has 7 atom stereocenters. The third-order valence-electron chi connectivity index (χ3n) is 6.74. The fraction of sp³-hybridized carbons (Fsp3) is 0.850. The van der Waals surface area contributed by atoms with E-state index in [1.165, 1.54) is 6.21 Å². The van der Waals surface area contributed by atoms with E-state index in [0.717, 1.165) is 11.4 Å². The van der Waals surface area contributed by atoms with Crippen LogP contribution in [0.5, 0.6) is 0 Å². The molecule has 0 aromatic heterocycles. The van der Waals surface area contributed by atoms with Crippen LogP contribution in [0.25, 0.3) is 0 Å². The van der Waals surface area contributed by atoms with E-state index in [9.17, 15) is 26.7 Å². The molecule has 0 aromatic rings. The Morgan fingerprint density at radius 2 is 2.00 bits per heavy atom. The van der Waals surface area contributed by atoms with Crippen LogP contribution >= 0.6 is 0 Å². The Labute approximate surface area is 183 Å². The van der Waals surface area contributed by atoms with Crippen molar-refractivity contribution in [3.05, 3.63) is 0 Å². The van der Waals surface area contributed by atoms with Gasteiger partial charge in [-0.1, -0.05) is 6.92 Å². The highest BCUT2D eigenvalue weighted by atomic mass is 19.4. The molecule has 0 saturated carbocycles. The molecule has 0 spiro atoms. The summed E-state index contributed by atoms with van der Waals surface area (Å²) in [7, 11) is 0. The lowest BCUT2D eigenvalue weighted by molar-refractivity contribution is -0.146. The van der Waals surface area contributed by atoms with Crippen molar-refractivity contribution in [1.82, 2.24) is 15.2 Å². The summed E-state index contributed by atoms with van der Waals surface area (Å²) in [5, 5.41) is 8.31. The number of hydrogen-bond acceptors (Lipinski definition) is 6. The highest BCUT2D eigenvalue weighted by molar-refractivity contribution is 5.86. The molecule has 4 heterocycles. The number of fused-ring (bicyclic) bond motifs is 1. The van der Waals surface area contributed by atoms with Crippen LogP contribution in [0.15, 0.2) is 10.1 Å². The number of amides is 1. The molecular formula is C20H28F5N5O2. The number of halogens is 5. The van der Waals surface area contributed by atoms with Gasteiger partial charge >= 0.3 is 6.18 Å². The van der Waals surface area contributed by atoms with E-state index in [0.29, 0.717) is 19.5 Å². The van der Waals surface area contributed by atoms with Gasteiger partial charge in [0.15, 0.2) is 0 Å². The number of aliphatic imine (C=N–C) groups is 1. The number of carbonyl (C=O) groups excluding carboxylic acids is 1. The topological polar surface area (TPSA) is 69.5 Å². The van der Waals surface area contributed by atoms with Crippen molar-refractivity contribution in [3.8, 4) is 0 Å². The number of carbonyl (C=O) groups is 1. The number of likely N-dealkylation sites (tertiary alicyclic amines) is 1. The van der Waals surface area contributed by atoms with Gasteiger partial charge in [0.1, 0.15) is 13.2 Å². The van der Waals surface area contributed by atoms with Crippen molar-refractivity contribution in [2.75, 3.05) is 32.8 Å². The molecule has 12 heteroatoms. The van der Waals surface area contributed by atoms with Gasteiger partial charge in [0.05, 0.1) is 31.2 Å². The van der Waals surface area contributed by atoms with Crippen molar-refractivity contribution in [1.29, 1.82) is 0 Å². The van der Waals surface area contributed by atoms with Gasteiger partial charge in [-0.25, -0.2) is 8.78 Å². The molecule has 4 rings (SSSR count). The summed E-state index contributed by atoms with van der Waals surface area (Å²) < 4.78 is 68.2. The second-order valence-corrected chi connectivity index (χ2v) is 9.16. The van der Waals surface area contributed by atoms with Gasteiger partial charge in [0.25, 0.3) is 6.43 Å². The maximum atomic E-state index is 13.1. The summed E-state index contributed by atoms with van der Waals surface area (Å²) in [5.41, 5.74) is 0. The summed E-state index contributed by atoms with van der Waals surface area (Å²) in [6.45, 7) is 1.05. The Morgan fingerprint density at radius 1 is 1.22 bits per heavy atom. The van der Waals surface area contributed by atoms with Crippen LogP contribution in [0.1, 0.15) is 19.8 Å². The van der Waals surface area contributed by atoms with Crippen LogP contribution in [-0.4, -0.2) is 97.9 Å². The summed E-state index contributed by atoms with van der Waals surface area (Å²) in [4.78, 5) is 19.0. The van der Waals surface area contributed by atoms with Crippen LogP contribution < -0.4 is 5.32 Å². The Hall–Kier alpha value is -1.82. The minimum absolute atomic E-state index is 0.00861. The second-order valence-electron chi connectivity index (χ2n) is 9.16. The highest BCUT2D eigenvalue weighted by Crippen LogP contribution is 2.37. The number of nitrogens with zero attached hydrogens (tertiary/aromatic N) is 4. The van der Waals surface area contributed by atoms with Crippen molar-refractivity contribution >= 4 is 18.3 Å². The van der Waals surface area contributed by atoms with Crippen LogP contribution in [-0.2, 0) is 9.53 Å². The van der Waals surface area contributed by atoms with Gasteiger partial charge in [-0.05, 0) is 18.8 Å². The maximum Gasteiger partial charge on any atom is 0.407 e. The van der Waals surface area contributed by atoms with Crippen molar-refractivity contribution in [3.63, 3.8) is 0 Å². The number of ether oxygens (including phenoxy) is 1. The number of rotatable bonds is 6. The summed E-state index contributed by atoms with van der Waals surface area (Å²) in [6.07, 6.45) is -2.66. The van der Waals surface area contributed by atoms with Crippen molar-refractivity contribution in [2.45, 2.75) is 56.6 Å². The zero-order valence-electron chi connectivity index (χ0n) is 17.7. The van der Waals surface area contributed by atoms with Gasteiger partial charge in [0, 0.05) is 37.0 Å². The Morgan fingerprint density at radius 3 is 2.72 bits per heavy atom. The quantitative estimate of drug-likeness (QED) is 0.608. The van der Waals surface area contributed by atoms with Crippen LogP contribution in [0.3, 0.4) is 0 Å². The van der Waals surface area contributed by atoms with Gasteiger partial charge in [0.2, 0.25) is 5.91 Å². The molecule has 32 heavy (non-hydrogen) atoms. The fourth-order valence-corrected chi connectivity index (χ4v) is 5.39. The average molecular weight is 465 g/mol. The number of nitrogens with one attached hydrogen (secondary N) is 1. The molecule has 2 fully saturated rings. The summed E-state index contributed by atoms with van der Waals surface area (Å²) >= 11 is 0. The van der Waals surface area contributed by atoms with E-state index in [-0.39, 0.29) is 48.4 Å². The molecule has 1 N–H and O–H groups in total. The molecule has 1 amide bonds. The van der Waals surface area contributed by atoms with Gasteiger partial charge in [-0.2, -0.15) is 18.3 Å². The third kappa shape index (κ3) is 5.22. The van der Waals surface area contributed by atoms with Crippen LogP contribution in [0.4, 0.5) is 22.0 Å². The van der Waals surface area contributed by atoms with E-state index in [4.69, 9.17) is 4.74 Å². The SMILES string of the molecule is CC1CC(C2C=NCC(OCC(F)F)C2)NC2CN(C3C=NN(CC(F)(F)F)C3)C(=O)C12. The van der Waals surface area contributed by atoms with E-state index in [2.05, 4.69) is 15.4 Å². The van der Waals surface area contributed by atoms with Gasteiger partial charge in [-0.3, -0.25) is 14.8 Å². The molecular weight excluding hydrogens is 437 g/mol. The average Bonchev–Trinajstić information content (AvgIpc) is 3.29. The molecule has 2 saturated heterocycles. The minimum Gasteiger partial charge on any atom is -0.370 e. The van der Waals surface area contributed by atoms with Crippen LogP contribution in [0.2, 0.25) is 0 Å². The molecule has 7 nitrogen and oxygen atoms in total. The first-order valence-corrected chi connectivity index (χ1v) is 10.9. The molecule has 0 aliphatic carbocycles. The largest absolute Gasteiger partial charge is 0.407 e. The normalized spacial score (nSPS) is 37.6. The third-order valence-corrected chi connectivity index (χ3v) is 6.74. The molecule has 0 aromatic carbocycles. The Bertz CT molecular complexity index is 748. The standard InChI is InChI=1S/C20H28F5N5O2/c1-11-2-15(12-3-14(6-26-4-12)32-9-17(21)22)28-16-8-30(19(31)18(11)16)13-5-27-29(7-13)10-20(23,24)25/h4-5,11-18,28H,2-3,6-10H2,1H3. The fourth-order valence-electron chi connectivity index (χ4n) is 5.39.